The molecule has 5 nitrogen and oxygen atoms in total. The van der Waals surface area contributed by atoms with Crippen LogP contribution < -0.4 is 16.4 Å². The lowest BCUT2D eigenvalue weighted by molar-refractivity contribution is -0.123. The number of thioether (sulfide) groups is 1. The first-order valence-corrected chi connectivity index (χ1v) is 8.88. The summed E-state index contributed by atoms with van der Waals surface area (Å²) >= 11 is 1.68. The Morgan fingerprint density at radius 1 is 1.45 bits per heavy atom. The molecular formula is C16H23N3O2S. The molecule has 2 rings (SSSR count). The van der Waals surface area contributed by atoms with Gasteiger partial charge in [-0.3, -0.25) is 9.59 Å². The lowest BCUT2D eigenvalue weighted by Gasteiger charge is -2.21. The highest BCUT2D eigenvalue weighted by molar-refractivity contribution is 7.98. The minimum absolute atomic E-state index is 0.0568. The van der Waals surface area contributed by atoms with Gasteiger partial charge in [-0.05, 0) is 49.0 Å². The number of fused-ring (bicyclic) bond motifs is 1. The van der Waals surface area contributed by atoms with Crippen LogP contribution in [0.25, 0.3) is 0 Å². The number of nitrogens with two attached hydrogens (primary N) is 1. The third-order valence-electron chi connectivity index (χ3n) is 3.85. The summed E-state index contributed by atoms with van der Waals surface area (Å²) in [6.45, 7) is 1.95. The Labute approximate surface area is 135 Å². The van der Waals surface area contributed by atoms with Gasteiger partial charge in [0.25, 0.3) is 0 Å². The van der Waals surface area contributed by atoms with E-state index < -0.39 is 6.04 Å². The summed E-state index contributed by atoms with van der Waals surface area (Å²) in [5.41, 5.74) is 8.90. The van der Waals surface area contributed by atoms with Crippen LogP contribution in [0.1, 0.15) is 36.9 Å². The molecule has 1 aromatic carbocycles. The fourth-order valence-electron chi connectivity index (χ4n) is 2.45. The van der Waals surface area contributed by atoms with Gasteiger partial charge in [-0.2, -0.15) is 11.8 Å². The third-order valence-corrected chi connectivity index (χ3v) is 4.50. The SMILES string of the molecule is CSCCC(N)C(=O)NC(C)c1ccc2c(c1)CCC(=O)N2. The molecule has 0 bridgehead atoms. The van der Waals surface area contributed by atoms with Crippen LogP contribution in [0.5, 0.6) is 0 Å². The Balaban J connectivity index is 1.99. The van der Waals surface area contributed by atoms with Gasteiger partial charge >= 0.3 is 0 Å². The first-order valence-electron chi connectivity index (χ1n) is 7.49. The van der Waals surface area contributed by atoms with Crippen molar-refractivity contribution >= 4 is 29.3 Å². The molecule has 1 aromatic rings. The highest BCUT2D eigenvalue weighted by atomic mass is 32.2. The molecule has 1 aliphatic rings. The number of benzene rings is 1. The predicted octanol–water partition coefficient (Wildman–Crippen LogP) is 1.83. The van der Waals surface area contributed by atoms with Crippen molar-refractivity contribution in [1.29, 1.82) is 0 Å². The van der Waals surface area contributed by atoms with E-state index in [0.717, 1.165) is 29.0 Å². The van der Waals surface area contributed by atoms with Gasteiger partial charge in [0.1, 0.15) is 0 Å². The van der Waals surface area contributed by atoms with E-state index in [1.54, 1.807) is 11.8 Å². The normalized spacial score (nSPS) is 16.4. The Morgan fingerprint density at radius 3 is 2.95 bits per heavy atom. The van der Waals surface area contributed by atoms with Crippen LogP contribution in [0.4, 0.5) is 5.69 Å². The molecule has 4 N–H and O–H groups in total. The van der Waals surface area contributed by atoms with Crippen molar-refractivity contribution in [2.75, 3.05) is 17.3 Å². The zero-order chi connectivity index (χ0) is 16.1. The average molecular weight is 321 g/mol. The van der Waals surface area contributed by atoms with Crippen molar-refractivity contribution in [3.63, 3.8) is 0 Å². The Kier molecular flexibility index (Phi) is 5.85. The van der Waals surface area contributed by atoms with Gasteiger partial charge in [-0.15, -0.1) is 0 Å². The summed E-state index contributed by atoms with van der Waals surface area (Å²) in [5.74, 6) is 0.815. The lowest BCUT2D eigenvalue weighted by atomic mass is 9.97. The summed E-state index contributed by atoms with van der Waals surface area (Å²) < 4.78 is 0. The van der Waals surface area contributed by atoms with Gasteiger partial charge in [0.05, 0.1) is 12.1 Å². The molecular weight excluding hydrogens is 298 g/mol. The van der Waals surface area contributed by atoms with E-state index in [1.165, 1.54) is 0 Å². The highest BCUT2D eigenvalue weighted by Crippen LogP contribution is 2.26. The van der Waals surface area contributed by atoms with Crippen LogP contribution in [0.2, 0.25) is 0 Å². The lowest BCUT2D eigenvalue weighted by Crippen LogP contribution is -2.42. The summed E-state index contributed by atoms with van der Waals surface area (Å²) in [6.07, 6.45) is 3.93. The average Bonchev–Trinajstić information content (AvgIpc) is 2.51. The van der Waals surface area contributed by atoms with Gasteiger partial charge in [0.15, 0.2) is 0 Å². The quantitative estimate of drug-likeness (QED) is 0.746. The number of carbonyl (C=O) groups is 2. The predicted molar refractivity (Wildman–Crippen MR) is 90.9 cm³/mol. The molecule has 2 unspecified atom stereocenters. The largest absolute Gasteiger partial charge is 0.348 e. The van der Waals surface area contributed by atoms with Gasteiger partial charge in [0.2, 0.25) is 11.8 Å². The molecule has 1 heterocycles. The maximum absolute atomic E-state index is 12.1. The molecule has 22 heavy (non-hydrogen) atoms. The van der Waals surface area contributed by atoms with Crippen LogP contribution in [-0.2, 0) is 16.0 Å². The number of rotatable bonds is 6. The van der Waals surface area contributed by atoms with Crippen LogP contribution in [0, 0.1) is 0 Å². The molecule has 0 radical (unpaired) electrons. The van der Waals surface area contributed by atoms with Crippen molar-refractivity contribution in [2.45, 2.75) is 38.3 Å². The number of hydrogen-bond donors (Lipinski definition) is 3. The second-order valence-electron chi connectivity index (χ2n) is 5.58. The van der Waals surface area contributed by atoms with Crippen LogP contribution in [0.3, 0.4) is 0 Å². The van der Waals surface area contributed by atoms with Crippen molar-refractivity contribution in [3.8, 4) is 0 Å². The summed E-state index contributed by atoms with van der Waals surface area (Å²) in [6, 6.07) is 5.32. The maximum atomic E-state index is 12.1. The van der Waals surface area contributed by atoms with Crippen LogP contribution >= 0.6 is 11.8 Å². The van der Waals surface area contributed by atoms with Gasteiger partial charge in [-0.25, -0.2) is 0 Å². The molecule has 0 saturated carbocycles. The molecule has 0 aromatic heterocycles. The second kappa shape index (κ2) is 7.65. The van der Waals surface area contributed by atoms with Crippen molar-refractivity contribution in [3.05, 3.63) is 29.3 Å². The minimum atomic E-state index is -0.466. The topological polar surface area (TPSA) is 84.2 Å². The summed E-state index contributed by atoms with van der Waals surface area (Å²) in [7, 11) is 0. The van der Waals surface area contributed by atoms with Gasteiger partial charge in [0, 0.05) is 12.1 Å². The molecule has 0 fully saturated rings. The van der Waals surface area contributed by atoms with Crippen molar-refractivity contribution < 1.29 is 9.59 Å². The molecule has 0 spiro atoms. The number of carbonyl (C=O) groups excluding carboxylic acids is 2. The molecule has 0 saturated heterocycles. The fourth-order valence-corrected chi connectivity index (χ4v) is 2.94. The minimum Gasteiger partial charge on any atom is -0.348 e. The van der Waals surface area contributed by atoms with E-state index in [-0.39, 0.29) is 17.9 Å². The number of nitrogens with one attached hydrogen (secondary N) is 2. The smallest absolute Gasteiger partial charge is 0.237 e. The van der Waals surface area contributed by atoms with Crippen LogP contribution in [0.15, 0.2) is 18.2 Å². The number of aryl methyl sites for hydroxylation is 1. The number of amides is 2. The van der Waals surface area contributed by atoms with E-state index >= 15 is 0 Å². The first-order chi connectivity index (χ1) is 10.5. The van der Waals surface area contributed by atoms with Crippen molar-refractivity contribution in [2.24, 2.45) is 5.73 Å². The zero-order valence-corrected chi connectivity index (χ0v) is 13.8. The summed E-state index contributed by atoms with van der Waals surface area (Å²) in [4.78, 5) is 23.4. The fraction of sp³-hybridized carbons (Fsp3) is 0.500. The molecule has 1 aliphatic heterocycles. The molecule has 0 aliphatic carbocycles. The Morgan fingerprint density at radius 2 is 2.23 bits per heavy atom. The third kappa shape index (κ3) is 4.24. The Bertz CT molecular complexity index is 562. The van der Waals surface area contributed by atoms with E-state index in [1.807, 2.05) is 31.4 Å². The van der Waals surface area contributed by atoms with E-state index in [0.29, 0.717) is 12.8 Å². The molecule has 6 heteroatoms. The second-order valence-corrected chi connectivity index (χ2v) is 6.57. The molecule has 120 valence electrons. The molecule has 2 amide bonds. The zero-order valence-electron chi connectivity index (χ0n) is 13.0. The summed E-state index contributed by atoms with van der Waals surface area (Å²) in [5, 5.41) is 5.82. The van der Waals surface area contributed by atoms with E-state index in [4.69, 9.17) is 5.73 Å². The molecule has 2 atom stereocenters. The van der Waals surface area contributed by atoms with E-state index in [2.05, 4.69) is 10.6 Å². The number of hydrogen-bond acceptors (Lipinski definition) is 4. The first kappa shape index (κ1) is 16.8. The van der Waals surface area contributed by atoms with E-state index in [9.17, 15) is 9.59 Å². The van der Waals surface area contributed by atoms with Crippen molar-refractivity contribution in [1.82, 2.24) is 5.32 Å². The Hall–Kier alpha value is -1.53. The monoisotopic (exact) mass is 321 g/mol. The number of anilines is 1. The van der Waals surface area contributed by atoms with Crippen LogP contribution in [-0.4, -0.2) is 29.9 Å². The highest BCUT2D eigenvalue weighted by Gasteiger charge is 2.19. The van der Waals surface area contributed by atoms with Gasteiger partial charge < -0.3 is 16.4 Å². The maximum Gasteiger partial charge on any atom is 0.237 e. The van der Waals surface area contributed by atoms with Gasteiger partial charge in [-0.1, -0.05) is 12.1 Å². The standard InChI is InChI=1S/C16H23N3O2S/c1-10(18-16(21)13(17)7-8-22-2)11-3-5-14-12(9-11)4-6-15(20)19-14/h3,5,9-10,13H,4,6-8,17H2,1-2H3,(H,18,21)(H,19,20).